The van der Waals surface area contributed by atoms with Gasteiger partial charge in [-0.05, 0) is 48.4 Å². The van der Waals surface area contributed by atoms with Crippen molar-refractivity contribution in [2.75, 3.05) is 26.9 Å². The lowest BCUT2D eigenvalue weighted by atomic mass is 10.1. The van der Waals surface area contributed by atoms with E-state index < -0.39 is 0 Å². The molecule has 1 heterocycles. The molecule has 0 saturated carbocycles. The maximum atomic E-state index is 12.5. The molecule has 0 radical (unpaired) electrons. The molecule has 0 spiro atoms. The zero-order valence-electron chi connectivity index (χ0n) is 15.7. The normalized spacial score (nSPS) is 13.3. The summed E-state index contributed by atoms with van der Waals surface area (Å²) in [5, 5.41) is 0. The van der Waals surface area contributed by atoms with Gasteiger partial charge in [0.25, 0.3) is 0 Å². The Balaban J connectivity index is 1.73. The lowest BCUT2D eigenvalue weighted by Crippen LogP contribution is -1.98. The number of benzene rings is 2. The SMILES string of the molecule is CCCOc1ccc(/C=C/C(=O)c2ccc3c(c2)OCCCO3)cc1OC. The molecule has 0 atom stereocenters. The summed E-state index contributed by atoms with van der Waals surface area (Å²) < 4.78 is 22.3. The number of hydrogen-bond acceptors (Lipinski definition) is 5. The van der Waals surface area contributed by atoms with Gasteiger partial charge in [0.15, 0.2) is 28.8 Å². The molecular weight excluding hydrogens is 344 g/mol. The molecule has 2 aromatic carbocycles. The van der Waals surface area contributed by atoms with Gasteiger partial charge in [0.2, 0.25) is 0 Å². The van der Waals surface area contributed by atoms with Gasteiger partial charge < -0.3 is 18.9 Å². The molecule has 2 aromatic rings. The van der Waals surface area contributed by atoms with Crippen molar-refractivity contribution in [3.63, 3.8) is 0 Å². The largest absolute Gasteiger partial charge is 0.493 e. The third-order valence-electron chi connectivity index (χ3n) is 4.11. The van der Waals surface area contributed by atoms with Crippen molar-refractivity contribution in [3.8, 4) is 23.0 Å². The topological polar surface area (TPSA) is 54.0 Å². The Kier molecular flexibility index (Phi) is 6.36. The van der Waals surface area contributed by atoms with Crippen molar-refractivity contribution in [3.05, 3.63) is 53.6 Å². The van der Waals surface area contributed by atoms with Crippen LogP contribution in [-0.2, 0) is 0 Å². The molecule has 0 N–H and O–H groups in total. The van der Waals surface area contributed by atoms with Crippen molar-refractivity contribution in [1.29, 1.82) is 0 Å². The predicted molar refractivity (Wildman–Crippen MR) is 104 cm³/mol. The summed E-state index contributed by atoms with van der Waals surface area (Å²) >= 11 is 0. The molecule has 5 heteroatoms. The molecule has 142 valence electrons. The zero-order chi connectivity index (χ0) is 19.1. The number of allylic oxidation sites excluding steroid dienone is 1. The summed E-state index contributed by atoms with van der Waals surface area (Å²) in [5.41, 5.74) is 1.42. The van der Waals surface area contributed by atoms with Crippen LogP contribution in [-0.4, -0.2) is 32.7 Å². The first-order valence-electron chi connectivity index (χ1n) is 9.14. The van der Waals surface area contributed by atoms with Gasteiger partial charge >= 0.3 is 0 Å². The fourth-order valence-corrected chi connectivity index (χ4v) is 2.70. The molecule has 27 heavy (non-hydrogen) atoms. The van der Waals surface area contributed by atoms with E-state index in [0.717, 1.165) is 18.4 Å². The second-order valence-electron chi connectivity index (χ2n) is 6.17. The van der Waals surface area contributed by atoms with Crippen LogP contribution in [0.15, 0.2) is 42.5 Å². The third-order valence-corrected chi connectivity index (χ3v) is 4.11. The van der Waals surface area contributed by atoms with Crippen LogP contribution in [0.1, 0.15) is 35.7 Å². The van der Waals surface area contributed by atoms with Crippen molar-refractivity contribution < 1.29 is 23.7 Å². The fraction of sp³-hybridized carbons (Fsp3) is 0.318. The highest BCUT2D eigenvalue weighted by Gasteiger charge is 2.13. The lowest BCUT2D eigenvalue weighted by molar-refractivity contribution is 0.104. The zero-order valence-corrected chi connectivity index (χ0v) is 15.7. The Labute approximate surface area is 159 Å². The standard InChI is InChI=1S/C22H24O5/c1-3-11-25-19-9-6-16(14-21(19)24-2)5-8-18(23)17-7-10-20-22(15-17)27-13-4-12-26-20/h5-10,14-15H,3-4,11-13H2,1-2H3/b8-5+. The first-order chi connectivity index (χ1) is 13.2. The summed E-state index contributed by atoms with van der Waals surface area (Å²) in [5.74, 6) is 2.54. The van der Waals surface area contributed by atoms with Gasteiger partial charge in [0, 0.05) is 12.0 Å². The quantitative estimate of drug-likeness (QED) is 0.530. The van der Waals surface area contributed by atoms with E-state index in [1.54, 1.807) is 37.5 Å². The van der Waals surface area contributed by atoms with Gasteiger partial charge in [-0.3, -0.25) is 4.79 Å². The van der Waals surface area contributed by atoms with Gasteiger partial charge in [-0.15, -0.1) is 0 Å². The van der Waals surface area contributed by atoms with E-state index in [9.17, 15) is 4.79 Å². The molecular formula is C22H24O5. The summed E-state index contributed by atoms with van der Waals surface area (Å²) in [6, 6.07) is 10.9. The van der Waals surface area contributed by atoms with Crippen LogP contribution in [0.25, 0.3) is 6.08 Å². The summed E-state index contributed by atoms with van der Waals surface area (Å²) in [6.07, 6.45) is 5.06. The molecule has 0 unspecified atom stereocenters. The minimum atomic E-state index is -0.101. The highest BCUT2D eigenvalue weighted by molar-refractivity contribution is 6.07. The molecule has 0 fully saturated rings. The summed E-state index contributed by atoms with van der Waals surface area (Å²) in [4.78, 5) is 12.5. The van der Waals surface area contributed by atoms with E-state index in [4.69, 9.17) is 18.9 Å². The molecule has 0 bridgehead atoms. The molecule has 0 amide bonds. The minimum Gasteiger partial charge on any atom is -0.493 e. The highest BCUT2D eigenvalue weighted by atomic mass is 16.5. The number of carbonyl (C=O) groups excluding carboxylic acids is 1. The molecule has 0 saturated heterocycles. The van der Waals surface area contributed by atoms with Gasteiger partial charge in [0.05, 0.1) is 26.9 Å². The molecule has 0 aromatic heterocycles. The van der Waals surface area contributed by atoms with Crippen molar-refractivity contribution >= 4 is 11.9 Å². The van der Waals surface area contributed by atoms with Crippen molar-refractivity contribution in [2.24, 2.45) is 0 Å². The average Bonchev–Trinajstić information content (AvgIpc) is 2.95. The maximum Gasteiger partial charge on any atom is 0.185 e. The number of carbonyl (C=O) groups is 1. The Bertz CT molecular complexity index is 825. The van der Waals surface area contributed by atoms with Crippen LogP contribution in [0.5, 0.6) is 23.0 Å². The Morgan fingerprint density at radius 3 is 2.67 bits per heavy atom. The smallest absolute Gasteiger partial charge is 0.185 e. The second-order valence-corrected chi connectivity index (χ2v) is 6.17. The van der Waals surface area contributed by atoms with Crippen LogP contribution >= 0.6 is 0 Å². The van der Waals surface area contributed by atoms with Crippen LogP contribution in [0.3, 0.4) is 0 Å². The minimum absolute atomic E-state index is 0.101. The van der Waals surface area contributed by atoms with Gasteiger partial charge in [-0.2, -0.15) is 0 Å². The average molecular weight is 368 g/mol. The van der Waals surface area contributed by atoms with E-state index in [1.165, 1.54) is 0 Å². The number of ether oxygens (including phenoxy) is 4. The monoisotopic (exact) mass is 368 g/mol. The number of hydrogen-bond donors (Lipinski definition) is 0. The first kappa shape index (κ1) is 18.8. The highest BCUT2D eigenvalue weighted by Crippen LogP contribution is 2.31. The molecule has 5 nitrogen and oxygen atoms in total. The van der Waals surface area contributed by atoms with E-state index in [-0.39, 0.29) is 5.78 Å². The Hall–Kier alpha value is -2.95. The lowest BCUT2D eigenvalue weighted by Gasteiger charge is -2.10. The summed E-state index contributed by atoms with van der Waals surface area (Å²) in [7, 11) is 1.60. The molecule has 3 rings (SSSR count). The van der Waals surface area contributed by atoms with Crippen LogP contribution < -0.4 is 18.9 Å². The van der Waals surface area contributed by atoms with Crippen LogP contribution in [0, 0.1) is 0 Å². The van der Waals surface area contributed by atoms with Crippen molar-refractivity contribution in [1.82, 2.24) is 0 Å². The van der Waals surface area contributed by atoms with E-state index >= 15 is 0 Å². The third kappa shape index (κ3) is 4.82. The number of fused-ring (bicyclic) bond motifs is 1. The van der Waals surface area contributed by atoms with E-state index in [1.807, 2.05) is 18.2 Å². The molecule has 1 aliphatic rings. The number of rotatable bonds is 7. The first-order valence-corrected chi connectivity index (χ1v) is 9.14. The van der Waals surface area contributed by atoms with Gasteiger partial charge in [-0.1, -0.05) is 19.1 Å². The predicted octanol–water partition coefficient (Wildman–Crippen LogP) is 4.54. The summed E-state index contributed by atoms with van der Waals surface area (Å²) in [6.45, 7) is 3.90. The second kappa shape index (κ2) is 9.12. The van der Waals surface area contributed by atoms with Crippen LogP contribution in [0.2, 0.25) is 0 Å². The van der Waals surface area contributed by atoms with E-state index in [0.29, 0.717) is 48.4 Å². The Morgan fingerprint density at radius 1 is 1.07 bits per heavy atom. The Morgan fingerprint density at radius 2 is 1.89 bits per heavy atom. The van der Waals surface area contributed by atoms with Crippen LogP contribution in [0.4, 0.5) is 0 Å². The van der Waals surface area contributed by atoms with Gasteiger partial charge in [-0.25, -0.2) is 0 Å². The fourth-order valence-electron chi connectivity index (χ4n) is 2.70. The molecule has 1 aliphatic heterocycles. The number of ketones is 1. The van der Waals surface area contributed by atoms with E-state index in [2.05, 4.69) is 6.92 Å². The van der Waals surface area contributed by atoms with Gasteiger partial charge in [0.1, 0.15) is 0 Å². The maximum absolute atomic E-state index is 12.5. The van der Waals surface area contributed by atoms with Crippen molar-refractivity contribution in [2.45, 2.75) is 19.8 Å². The number of methoxy groups -OCH3 is 1. The molecule has 0 aliphatic carbocycles.